The van der Waals surface area contributed by atoms with Gasteiger partial charge in [0.05, 0.1) is 6.10 Å². The number of aliphatic hydroxyl groups is 2. The molecule has 0 radical (unpaired) electrons. The Labute approximate surface area is 197 Å². The number of fused-ring (bicyclic) bond motifs is 1. The Morgan fingerprint density at radius 2 is 1.97 bits per heavy atom. The van der Waals surface area contributed by atoms with Crippen LogP contribution in [0.2, 0.25) is 0 Å². The molecule has 2 fully saturated rings. The molecular weight excluding hydrogens is 426 g/mol. The van der Waals surface area contributed by atoms with Crippen molar-refractivity contribution in [2.45, 2.75) is 116 Å². The van der Waals surface area contributed by atoms with Crippen LogP contribution in [0, 0.1) is 23.2 Å². The van der Waals surface area contributed by atoms with Gasteiger partial charge in [0, 0.05) is 6.42 Å². The van der Waals surface area contributed by atoms with Gasteiger partial charge in [-0.15, -0.1) is 0 Å². The van der Waals surface area contributed by atoms with E-state index < -0.39 is 11.5 Å². The van der Waals surface area contributed by atoms with Crippen LogP contribution < -0.4 is 0 Å². The predicted octanol–water partition coefficient (Wildman–Crippen LogP) is 6.12. The third-order valence-electron chi connectivity index (χ3n) is 9.34. The molecule has 6 atom stereocenters. The van der Waals surface area contributed by atoms with Crippen LogP contribution in [0.5, 0.6) is 0 Å². The Morgan fingerprint density at radius 3 is 2.70 bits per heavy atom. The topological polar surface area (TPSA) is 58.9 Å². The maximum Gasteiger partial charge on any atom is 0.275 e. The van der Waals surface area contributed by atoms with Gasteiger partial charge in [0.25, 0.3) is 5.92 Å². The van der Waals surface area contributed by atoms with Crippen LogP contribution in [-0.2, 0) is 9.78 Å². The van der Waals surface area contributed by atoms with Gasteiger partial charge in [0.2, 0.25) is 0 Å². The highest BCUT2D eigenvalue weighted by molar-refractivity contribution is 5.31. The summed E-state index contributed by atoms with van der Waals surface area (Å²) >= 11 is 0. The second kappa shape index (κ2) is 9.33. The normalized spacial score (nSPS) is 37.8. The van der Waals surface area contributed by atoms with Crippen LogP contribution in [0.15, 0.2) is 22.8 Å². The van der Waals surface area contributed by atoms with E-state index in [-0.39, 0.29) is 30.0 Å². The first kappa shape index (κ1) is 25.3. The van der Waals surface area contributed by atoms with Crippen molar-refractivity contribution in [3.63, 3.8) is 0 Å². The summed E-state index contributed by atoms with van der Waals surface area (Å²) in [4.78, 5) is 11.1. The Balaban J connectivity index is 1.49. The van der Waals surface area contributed by atoms with Crippen LogP contribution in [0.3, 0.4) is 0 Å². The fourth-order valence-electron chi connectivity index (χ4n) is 7.17. The van der Waals surface area contributed by atoms with Crippen molar-refractivity contribution in [3.05, 3.63) is 22.8 Å². The van der Waals surface area contributed by atoms with Gasteiger partial charge in [-0.1, -0.05) is 19.4 Å². The van der Waals surface area contributed by atoms with Gasteiger partial charge in [-0.2, -0.15) is 0 Å². The van der Waals surface area contributed by atoms with Crippen LogP contribution >= 0.6 is 0 Å². The highest BCUT2D eigenvalue weighted by Crippen LogP contribution is 2.60. The lowest BCUT2D eigenvalue weighted by Crippen LogP contribution is -2.43. The molecule has 2 N–H and O–H groups in total. The van der Waals surface area contributed by atoms with Crippen molar-refractivity contribution in [2.75, 3.05) is 6.61 Å². The van der Waals surface area contributed by atoms with Gasteiger partial charge in [0.1, 0.15) is 18.3 Å². The first-order chi connectivity index (χ1) is 15.4. The quantitative estimate of drug-likeness (QED) is 0.364. The number of allylic oxidation sites excluding steroid dienone is 1. The molecule has 3 aliphatic carbocycles. The predicted molar refractivity (Wildman–Crippen MR) is 124 cm³/mol. The lowest BCUT2D eigenvalue weighted by molar-refractivity contribution is -0.310. The standard InChI is InChI=1S/C27H42F2O4/c1-17(11-13-27(28,29)25(2,3)31)22-9-10-23-18(6-5-12-26(22,23)4)14-24-21-15-20(30)8-7-19(21)16-32-33-24/h14,17,20,22-24,30-31H,5-13,15-16H2,1-4H3/b18-14+/t17-,20+,22-,23+,24-,26-/m1/s1. The van der Waals surface area contributed by atoms with E-state index in [9.17, 15) is 19.0 Å². The first-order valence-electron chi connectivity index (χ1n) is 12.9. The second-order valence-electron chi connectivity index (χ2n) is 11.9. The molecule has 1 heterocycles. The van der Waals surface area contributed by atoms with E-state index in [4.69, 9.17) is 9.78 Å². The zero-order valence-corrected chi connectivity index (χ0v) is 20.7. The molecule has 0 aromatic carbocycles. The summed E-state index contributed by atoms with van der Waals surface area (Å²) in [6.07, 6.45) is 9.62. The van der Waals surface area contributed by atoms with Crippen LogP contribution in [0.25, 0.3) is 0 Å². The van der Waals surface area contributed by atoms with Crippen LogP contribution in [0.1, 0.15) is 91.9 Å². The SMILES string of the molecule is C[C@H](CCC(F)(F)C(C)(C)O)[C@H]1CC[C@H]2/C(=C/[C@H]3OOCC4=C3C[C@@H](O)CC4)CCC[C@]12C. The molecule has 4 rings (SSSR count). The smallest absolute Gasteiger partial charge is 0.275 e. The van der Waals surface area contributed by atoms with Crippen molar-refractivity contribution in [3.8, 4) is 0 Å². The average molecular weight is 469 g/mol. The molecule has 4 nitrogen and oxygen atoms in total. The average Bonchev–Trinajstić information content (AvgIpc) is 3.09. The highest BCUT2D eigenvalue weighted by atomic mass is 19.3. The summed E-state index contributed by atoms with van der Waals surface area (Å²) in [6.45, 7) is 7.38. The Bertz CT molecular complexity index is 783. The molecule has 0 amide bonds. The monoisotopic (exact) mass is 468 g/mol. The van der Waals surface area contributed by atoms with Gasteiger partial charge < -0.3 is 10.2 Å². The van der Waals surface area contributed by atoms with E-state index in [1.807, 2.05) is 0 Å². The molecule has 0 unspecified atom stereocenters. The van der Waals surface area contributed by atoms with E-state index in [2.05, 4.69) is 19.9 Å². The molecule has 2 saturated carbocycles. The van der Waals surface area contributed by atoms with E-state index in [0.29, 0.717) is 31.3 Å². The zero-order chi connectivity index (χ0) is 24.0. The molecule has 6 heteroatoms. The molecule has 188 valence electrons. The van der Waals surface area contributed by atoms with Crippen LogP contribution in [0.4, 0.5) is 8.78 Å². The molecular formula is C27H42F2O4. The maximum absolute atomic E-state index is 14.4. The van der Waals surface area contributed by atoms with Crippen molar-refractivity contribution in [1.29, 1.82) is 0 Å². The number of aliphatic hydroxyl groups excluding tert-OH is 1. The van der Waals surface area contributed by atoms with Crippen molar-refractivity contribution in [1.82, 2.24) is 0 Å². The summed E-state index contributed by atoms with van der Waals surface area (Å²) in [5.41, 5.74) is 2.00. The summed E-state index contributed by atoms with van der Waals surface area (Å²) < 4.78 is 28.8. The van der Waals surface area contributed by atoms with Crippen molar-refractivity contribution in [2.24, 2.45) is 23.2 Å². The number of hydrogen-bond donors (Lipinski definition) is 2. The van der Waals surface area contributed by atoms with Gasteiger partial charge in [-0.25, -0.2) is 18.6 Å². The largest absolute Gasteiger partial charge is 0.393 e. The van der Waals surface area contributed by atoms with E-state index in [1.165, 1.54) is 30.6 Å². The van der Waals surface area contributed by atoms with E-state index in [0.717, 1.165) is 44.9 Å². The molecule has 1 aliphatic heterocycles. The molecule has 4 aliphatic rings. The second-order valence-corrected chi connectivity index (χ2v) is 11.9. The van der Waals surface area contributed by atoms with Crippen LogP contribution in [-0.4, -0.2) is 40.6 Å². The van der Waals surface area contributed by atoms with Crippen molar-refractivity contribution >= 4 is 0 Å². The number of halogens is 2. The molecule has 33 heavy (non-hydrogen) atoms. The molecule has 0 bridgehead atoms. The van der Waals surface area contributed by atoms with E-state index in [1.54, 1.807) is 0 Å². The maximum atomic E-state index is 14.4. The molecule has 0 aromatic rings. The molecule has 0 aromatic heterocycles. The molecule has 0 saturated heterocycles. The summed E-state index contributed by atoms with van der Waals surface area (Å²) in [7, 11) is 0. The Hall–Kier alpha value is -0.820. The fourth-order valence-corrected chi connectivity index (χ4v) is 7.17. The van der Waals surface area contributed by atoms with Gasteiger partial charge in [-0.05, 0) is 112 Å². The summed E-state index contributed by atoms with van der Waals surface area (Å²) in [6, 6.07) is 0. The Kier molecular flexibility index (Phi) is 7.14. The fraction of sp³-hybridized carbons (Fsp3) is 0.852. The van der Waals surface area contributed by atoms with Gasteiger partial charge in [0.15, 0.2) is 0 Å². The lowest BCUT2D eigenvalue weighted by Gasteiger charge is -2.45. The summed E-state index contributed by atoms with van der Waals surface area (Å²) in [5, 5.41) is 20.0. The minimum absolute atomic E-state index is 0.104. The molecule has 0 spiro atoms. The minimum Gasteiger partial charge on any atom is -0.393 e. The van der Waals surface area contributed by atoms with Crippen molar-refractivity contribution < 1.29 is 28.8 Å². The Morgan fingerprint density at radius 1 is 1.21 bits per heavy atom. The third kappa shape index (κ3) is 4.96. The lowest BCUT2D eigenvalue weighted by atomic mass is 9.60. The van der Waals surface area contributed by atoms with E-state index >= 15 is 0 Å². The summed E-state index contributed by atoms with van der Waals surface area (Å²) in [5.74, 6) is -2.05. The third-order valence-corrected chi connectivity index (χ3v) is 9.34. The minimum atomic E-state index is -3.08. The number of hydrogen-bond acceptors (Lipinski definition) is 4. The van der Waals surface area contributed by atoms with Gasteiger partial charge >= 0.3 is 0 Å². The van der Waals surface area contributed by atoms with Gasteiger partial charge in [-0.3, -0.25) is 0 Å². The number of alkyl halides is 2. The first-order valence-corrected chi connectivity index (χ1v) is 12.9. The zero-order valence-electron chi connectivity index (χ0n) is 20.7. The number of rotatable bonds is 6. The highest BCUT2D eigenvalue weighted by Gasteiger charge is 2.52.